The van der Waals surface area contributed by atoms with Crippen molar-refractivity contribution in [2.45, 2.75) is 6.42 Å². The first-order valence-electron chi connectivity index (χ1n) is 3.71. The Hall–Kier alpha value is -1.85. The zero-order valence-electron chi connectivity index (χ0n) is 6.55. The highest BCUT2D eigenvalue weighted by Crippen LogP contribution is 2.17. The minimum Gasteiger partial charge on any atom is -0.462 e. The van der Waals surface area contributed by atoms with Crippen molar-refractivity contribution in [3.8, 4) is 0 Å². The van der Waals surface area contributed by atoms with Gasteiger partial charge in [-0.15, -0.1) is 0 Å². The molecule has 2 N–H and O–H groups in total. The maximum absolute atomic E-state index is 11.1. The molecule has 2 rings (SSSR count). The molecule has 0 unspecified atom stereocenters. The van der Waals surface area contributed by atoms with Crippen LogP contribution in [0.3, 0.4) is 0 Å². The predicted octanol–water partition coefficient (Wildman–Crippen LogP) is -0.973. The lowest BCUT2D eigenvalue weighted by atomic mass is 10.2. The Balaban J connectivity index is 2.38. The van der Waals surface area contributed by atoms with E-state index in [1.165, 1.54) is 0 Å². The topological polar surface area (TPSA) is 84.5 Å². The van der Waals surface area contributed by atoms with Gasteiger partial charge >= 0.3 is 12.0 Å². The maximum atomic E-state index is 11.1. The quantitative estimate of drug-likeness (QED) is 0.286. The average Bonchev–Trinajstić information content (AvgIpc) is 2.58. The van der Waals surface area contributed by atoms with Crippen molar-refractivity contribution in [1.82, 2.24) is 10.6 Å². The molecular formula is C7H6N2O4. The number of ether oxygens (including phenoxy) is 1. The van der Waals surface area contributed by atoms with Crippen LogP contribution in [-0.4, -0.2) is 24.5 Å². The first kappa shape index (κ1) is 7.78. The summed E-state index contributed by atoms with van der Waals surface area (Å²) >= 11 is 0. The molecule has 0 aromatic heterocycles. The second-order valence-corrected chi connectivity index (χ2v) is 2.65. The summed E-state index contributed by atoms with van der Waals surface area (Å²) in [5, 5.41) is 4.26. The Kier molecular flexibility index (Phi) is 1.54. The van der Waals surface area contributed by atoms with Crippen molar-refractivity contribution in [2.75, 3.05) is 6.61 Å². The number of rotatable bonds is 0. The number of cyclic esters (lactones) is 1. The van der Waals surface area contributed by atoms with Gasteiger partial charge in [-0.2, -0.15) is 0 Å². The van der Waals surface area contributed by atoms with Crippen LogP contribution >= 0.6 is 0 Å². The summed E-state index contributed by atoms with van der Waals surface area (Å²) in [6.45, 7) is 0.265. The first-order chi connectivity index (χ1) is 6.18. The van der Waals surface area contributed by atoms with E-state index >= 15 is 0 Å². The Bertz CT molecular complexity index is 344. The maximum Gasteiger partial charge on any atom is 0.336 e. The number of esters is 1. The highest BCUT2D eigenvalue weighted by Gasteiger charge is 2.32. The molecule has 2 saturated heterocycles. The number of nitrogens with one attached hydrogen (secondary N) is 2. The smallest absolute Gasteiger partial charge is 0.336 e. The molecule has 0 spiro atoms. The van der Waals surface area contributed by atoms with Crippen LogP contribution in [0.1, 0.15) is 6.42 Å². The van der Waals surface area contributed by atoms with Crippen LogP contribution in [0, 0.1) is 0 Å². The third kappa shape index (κ3) is 1.16. The Morgan fingerprint density at radius 3 is 2.38 bits per heavy atom. The van der Waals surface area contributed by atoms with Crippen molar-refractivity contribution in [1.29, 1.82) is 0 Å². The summed E-state index contributed by atoms with van der Waals surface area (Å²) in [6.07, 6.45) is 0.363. The fourth-order valence-corrected chi connectivity index (χ4v) is 1.24. The minimum absolute atomic E-state index is 0.0208. The second-order valence-electron chi connectivity index (χ2n) is 2.65. The van der Waals surface area contributed by atoms with Gasteiger partial charge in [0.15, 0.2) is 0 Å². The van der Waals surface area contributed by atoms with Gasteiger partial charge in [0.2, 0.25) is 0 Å². The van der Waals surface area contributed by atoms with Gasteiger partial charge < -0.3 is 10.1 Å². The Labute approximate surface area is 72.9 Å². The molecule has 6 heteroatoms. The van der Waals surface area contributed by atoms with Crippen LogP contribution in [0.4, 0.5) is 4.79 Å². The van der Waals surface area contributed by atoms with E-state index < -0.39 is 17.9 Å². The number of amides is 3. The summed E-state index contributed by atoms with van der Waals surface area (Å²) < 4.78 is 4.63. The molecule has 0 aromatic carbocycles. The molecule has 3 amide bonds. The molecule has 68 valence electrons. The van der Waals surface area contributed by atoms with E-state index in [-0.39, 0.29) is 17.9 Å². The van der Waals surface area contributed by atoms with E-state index in [4.69, 9.17) is 0 Å². The van der Waals surface area contributed by atoms with Crippen molar-refractivity contribution in [2.24, 2.45) is 0 Å². The largest absolute Gasteiger partial charge is 0.462 e. The molecule has 2 aliphatic heterocycles. The van der Waals surface area contributed by atoms with Crippen molar-refractivity contribution in [3.05, 3.63) is 11.3 Å². The number of hydrogen-bond donors (Lipinski definition) is 2. The SMILES string of the molecule is O=C1NC(=O)C(=C2CCOC2=O)N1. The van der Waals surface area contributed by atoms with Gasteiger partial charge in [-0.3, -0.25) is 10.1 Å². The molecule has 0 saturated carbocycles. The fraction of sp³-hybridized carbons (Fsp3) is 0.286. The normalized spacial score (nSPS) is 27.2. The van der Waals surface area contributed by atoms with Gasteiger partial charge in [0.25, 0.3) is 5.91 Å². The number of imide groups is 1. The van der Waals surface area contributed by atoms with Gasteiger partial charge in [0, 0.05) is 6.42 Å². The summed E-state index contributed by atoms with van der Waals surface area (Å²) in [5.74, 6) is -1.11. The predicted molar refractivity (Wildman–Crippen MR) is 39.3 cm³/mol. The van der Waals surface area contributed by atoms with Gasteiger partial charge in [0.05, 0.1) is 12.2 Å². The fourth-order valence-electron chi connectivity index (χ4n) is 1.24. The standard InChI is InChI=1S/C7H6N2O4/c10-5-4(8-7(12)9-5)3-1-2-13-6(3)11/h1-2H2,(H2,8,9,10,12). The zero-order chi connectivity index (χ0) is 9.42. The molecule has 0 aliphatic carbocycles. The first-order valence-corrected chi connectivity index (χ1v) is 3.71. The van der Waals surface area contributed by atoms with E-state index in [9.17, 15) is 14.4 Å². The van der Waals surface area contributed by atoms with Gasteiger partial charge in [-0.1, -0.05) is 0 Å². The van der Waals surface area contributed by atoms with Crippen molar-refractivity contribution < 1.29 is 19.1 Å². The highest BCUT2D eigenvalue weighted by molar-refractivity contribution is 6.15. The number of hydrogen-bond acceptors (Lipinski definition) is 4. The van der Waals surface area contributed by atoms with Crippen LogP contribution in [0.25, 0.3) is 0 Å². The molecule has 0 radical (unpaired) electrons. The lowest BCUT2D eigenvalue weighted by Gasteiger charge is -1.95. The Morgan fingerprint density at radius 1 is 1.15 bits per heavy atom. The van der Waals surface area contributed by atoms with E-state index in [2.05, 4.69) is 10.1 Å². The van der Waals surface area contributed by atoms with E-state index in [1.807, 2.05) is 5.32 Å². The monoisotopic (exact) mass is 182 g/mol. The molecule has 6 nitrogen and oxygen atoms in total. The number of carbonyl (C=O) groups is 3. The van der Waals surface area contributed by atoms with Gasteiger partial charge in [-0.05, 0) is 0 Å². The molecule has 2 fully saturated rings. The van der Waals surface area contributed by atoms with Crippen molar-refractivity contribution >= 4 is 17.9 Å². The highest BCUT2D eigenvalue weighted by atomic mass is 16.5. The van der Waals surface area contributed by atoms with Gasteiger partial charge in [0.1, 0.15) is 5.70 Å². The summed E-state index contributed by atoms with van der Waals surface area (Å²) in [6, 6.07) is -0.604. The van der Waals surface area contributed by atoms with E-state index in [0.717, 1.165) is 0 Å². The number of carbonyl (C=O) groups excluding carboxylic acids is 3. The summed E-state index contributed by atoms with van der Waals surface area (Å²) in [5.41, 5.74) is 0.260. The lowest BCUT2D eigenvalue weighted by molar-refractivity contribution is -0.135. The molecule has 0 bridgehead atoms. The summed E-state index contributed by atoms with van der Waals surface area (Å²) in [4.78, 5) is 32.8. The molecule has 0 aromatic rings. The van der Waals surface area contributed by atoms with Gasteiger partial charge in [-0.25, -0.2) is 9.59 Å². The second kappa shape index (κ2) is 2.58. The van der Waals surface area contributed by atoms with E-state index in [0.29, 0.717) is 6.42 Å². The zero-order valence-corrected chi connectivity index (χ0v) is 6.55. The molecule has 0 atom stereocenters. The minimum atomic E-state index is -0.604. The van der Waals surface area contributed by atoms with Crippen molar-refractivity contribution in [3.63, 3.8) is 0 Å². The van der Waals surface area contributed by atoms with Crippen LogP contribution in [0.5, 0.6) is 0 Å². The van der Waals surface area contributed by atoms with Crippen LogP contribution in [0.15, 0.2) is 11.3 Å². The third-order valence-electron chi connectivity index (χ3n) is 1.83. The van der Waals surface area contributed by atoms with Crippen LogP contribution in [-0.2, 0) is 14.3 Å². The molecular weight excluding hydrogens is 176 g/mol. The summed E-state index contributed by atoms with van der Waals surface area (Å²) in [7, 11) is 0. The molecule has 2 aliphatic rings. The average molecular weight is 182 g/mol. The molecule has 13 heavy (non-hydrogen) atoms. The lowest BCUT2D eigenvalue weighted by Crippen LogP contribution is -2.22. The van der Waals surface area contributed by atoms with Crippen LogP contribution in [0.2, 0.25) is 0 Å². The van der Waals surface area contributed by atoms with Crippen LogP contribution < -0.4 is 10.6 Å². The Morgan fingerprint density at radius 2 is 1.92 bits per heavy atom. The van der Waals surface area contributed by atoms with E-state index in [1.54, 1.807) is 0 Å². The third-order valence-corrected chi connectivity index (χ3v) is 1.83. The molecule has 2 heterocycles. The number of urea groups is 1.